The second kappa shape index (κ2) is 6.40. The maximum Gasteiger partial charge on any atom is 0.220 e. The van der Waals surface area contributed by atoms with Crippen LogP contribution in [0.4, 0.5) is 0 Å². The van der Waals surface area contributed by atoms with Crippen LogP contribution < -0.4 is 10.6 Å². The van der Waals surface area contributed by atoms with Gasteiger partial charge >= 0.3 is 0 Å². The molecular weight excluding hydrogens is 196 g/mol. The Balaban J connectivity index is 3.80. The maximum atomic E-state index is 11.4. The smallest absolute Gasteiger partial charge is 0.220 e. The molecule has 0 radical (unpaired) electrons. The molecule has 15 heavy (non-hydrogen) atoms. The van der Waals surface area contributed by atoms with Gasteiger partial charge in [-0.25, -0.2) is 0 Å². The van der Waals surface area contributed by atoms with Crippen molar-refractivity contribution in [3.05, 3.63) is 0 Å². The van der Waals surface area contributed by atoms with E-state index in [4.69, 9.17) is 5.11 Å². The molecule has 0 fully saturated rings. The zero-order valence-electron chi connectivity index (χ0n) is 9.54. The minimum Gasteiger partial charge on any atom is -0.396 e. The zero-order valence-corrected chi connectivity index (χ0v) is 9.54. The Morgan fingerprint density at radius 3 is 2.60 bits per heavy atom. The van der Waals surface area contributed by atoms with Crippen molar-refractivity contribution >= 4 is 12.3 Å². The third-order valence-electron chi connectivity index (χ3n) is 2.03. The van der Waals surface area contributed by atoms with Crippen LogP contribution >= 0.6 is 0 Å². The Bertz CT molecular complexity index is 217. The Morgan fingerprint density at radius 1 is 1.53 bits per heavy atom. The van der Waals surface area contributed by atoms with Crippen molar-refractivity contribution in [2.24, 2.45) is 5.41 Å². The lowest BCUT2D eigenvalue weighted by Gasteiger charge is -2.21. The first-order valence-electron chi connectivity index (χ1n) is 4.98. The summed E-state index contributed by atoms with van der Waals surface area (Å²) >= 11 is 0. The molecule has 0 saturated carbocycles. The van der Waals surface area contributed by atoms with Crippen molar-refractivity contribution < 1.29 is 14.7 Å². The quantitative estimate of drug-likeness (QED) is 0.509. The average molecular weight is 216 g/mol. The van der Waals surface area contributed by atoms with Gasteiger partial charge in [-0.2, -0.15) is 0 Å². The first-order chi connectivity index (χ1) is 6.91. The number of nitrogens with one attached hydrogen (secondary N) is 2. The highest BCUT2D eigenvalue weighted by Crippen LogP contribution is 2.18. The molecule has 0 aliphatic heterocycles. The van der Waals surface area contributed by atoms with Crippen LogP contribution in [0, 0.1) is 5.41 Å². The van der Waals surface area contributed by atoms with Gasteiger partial charge in [0.25, 0.3) is 0 Å². The van der Waals surface area contributed by atoms with Gasteiger partial charge in [-0.1, -0.05) is 13.8 Å². The molecule has 88 valence electrons. The molecule has 1 unspecified atom stereocenters. The molecule has 0 heterocycles. The van der Waals surface area contributed by atoms with Crippen molar-refractivity contribution in [2.75, 3.05) is 13.2 Å². The maximum absolute atomic E-state index is 11.4. The van der Waals surface area contributed by atoms with Gasteiger partial charge in [0.05, 0.1) is 0 Å². The molecule has 0 aromatic rings. The van der Waals surface area contributed by atoms with Crippen molar-refractivity contribution in [2.45, 2.75) is 33.2 Å². The van der Waals surface area contributed by atoms with Crippen LogP contribution in [-0.4, -0.2) is 36.6 Å². The number of carbonyl (C=O) groups excluding carboxylic acids is 2. The first-order valence-corrected chi connectivity index (χ1v) is 4.98. The van der Waals surface area contributed by atoms with E-state index < -0.39 is 5.41 Å². The lowest BCUT2D eigenvalue weighted by Crippen LogP contribution is -2.40. The summed E-state index contributed by atoms with van der Waals surface area (Å²) < 4.78 is 0. The van der Waals surface area contributed by atoms with Crippen molar-refractivity contribution in [1.82, 2.24) is 10.6 Å². The summed E-state index contributed by atoms with van der Waals surface area (Å²) in [7, 11) is 0. The summed E-state index contributed by atoms with van der Waals surface area (Å²) in [6.45, 7) is 5.81. The van der Waals surface area contributed by atoms with Crippen molar-refractivity contribution in [3.63, 3.8) is 0 Å². The summed E-state index contributed by atoms with van der Waals surface area (Å²) in [5.74, 6) is -0.117. The van der Waals surface area contributed by atoms with E-state index in [1.165, 1.54) is 0 Å². The van der Waals surface area contributed by atoms with Crippen LogP contribution in [0.25, 0.3) is 0 Å². The zero-order chi connectivity index (χ0) is 11.9. The molecule has 0 rings (SSSR count). The number of rotatable bonds is 7. The Kier molecular flexibility index (Phi) is 5.93. The number of carbonyl (C=O) groups is 2. The van der Waals surface area contributed by atoms with E-state index in [1.54, 1.807) is 6.92 Å². The second-order valence-corrected chi connectivity index (χ2v) is 4.49. The van der Waals surface area contributed by atoms with Gasteiger partial charge in [0.15, 0.2) is 0 Å². The third kappa shape index (κ3) is 6.90. The summed E-state index contributed by atoms with van der Waals surface area (Å²) in [6.07, 6.45) is 0.881. The third-order valence-corrected chi connectivity index (χ3v) is 2.03. The van der Waals surface area contributed by atoms with Crippen molar-refractivity contribution in [3.8, 4) is 0 Å². The Hall–Kier alpha value is -1.10. The number of amides is 2. The SMILES string of the molecule is CC(CNC(=O)CC(C)(C)CO)NC=O. The van der Waals surface area contributed by atoms with Crippen LogP contribution in [0.2, 0.25) is 0 Å². The molecule has 0 spiro atoms. The van der Waals surface area contributed by atoms with Gasteiger partial charge in [0.1, 0.15) is 0 Å². The topological polar surface area (TPSA) is 78.4 Å². The molecule has 5 heteroatoms. The second-order valence-electron chi connectivity index (χ2n) is 4.49. The fraction of sp³-hybridized carbons (Fsp3) is 0.800. The van der Waals surface area contributed by atoms with Gasteiger partial charge in [-0.3, -0.25) is 9.59 Å². The molecule has 2 amide bonds. The molecule has 0 saturated heterocycles. The highest BCUT2D eigenvalue weighted by atomic mass is 16.3. The number of aliphatic hydroxyl groups is 1. The molecular formula is C10H20N2O3. The van der Waals surface area contributed by atoms with Crippen LogP contribution in [-0.2, 0) is 9.59 Å². The van der Waals surface area contributed by atoms with E-state index in [9.17, 15) is 9.59 Å². The Labute approximate surface area is 90.2 Å². The highest BCUT2D eigenvalue weighted by molar-refractivity contribution is 5.76. The van der Waals surface area contributed by atoms with Crippen LogP contribution in [0.5, 0.6) is 0 Å². The minimum absolute atomic E-state index is 0.0252. The first kappa shape index (κ1) is 13.9. The molecule has 0 aromatic carbocycles. The average Bonchev–Trinajstić information content (AvgIpc) is 2.15. The van der Waals surface area contributed by atoms with Crippen LogP contribution in [0.15, 0.2) is 0 Å². The summed E-state index contributed by atoms with van der Waals surface area (Å²) in [4.78, 5) is 21.5. The largest absolute Gasteiger partial charge is 0.396 e. The standard InChI is InChI=1S/C10H20N2O3/c1-8(12-7-14)5-11-9(15)4-10(2,3)6-13/h7-8,13H,4-6H2,1-3H3,(H,11,15)(H,12,14). The molecule has 3 N–H and O–H groups in total. The molecule has 0 aliphatic rings. The lowest BCUT2D eigenvalue weighted by atomic mass is 9.90. The van der Waals surface area contributed by atoms with Gasteiger partial charge in [-0.15, -0.1) is 0 Å². The number of hydrogen-bond donors (Lipinski definition) is 3. The summed E-state index contributed by atoms with van der Waals surface area (Å²) in [5, 5.41) is 14.2. The predicted octanol–water partition coefficient (Wildman–Crippen LogP) is -0.354. The number of aliphatic hydroxyl groups excluding tert-OH is 1. The molecule has 0 aromatic heterocycles. The van der Waals surface area contributed by atoms with Gasteiger partial charge in [0, 0.05) is 25.6 Å². The fourth-order valence-corrected chi connectivity index (χ4v) is 0.995. The van der Waals surface area contributed by atoms with Gasteiger partial charge in [0.2, 0.25) is 12.3 Å². The Morgan fingerprint density at radius 2 is 2.13 bits per heavy atom. The van der Waals surface area contributed by atoms with Gasteiger partial charge < -0.3 is 15.7 Å². The van der Waals surface area contributed by atoms with E-state index in [0.29, 0.717) is 13.0 Å². The van der Waals surface area contributed by atoms with Crippen molar-refractivity contribution in [1.29, 1.82) is 0 Å². The monoisotopic (exact) mass is 216 g/mol. The van der Waals surface area contributed by atoms with Gasteiger partial charge in [-0.05, 0) is 12.3 Å². The molecule has 0 bridgehead atoms. The minimum atomic E-state index is -0.397. The van der Waals surface area contributed by atoms with E-state index in [-0.39, 0.29) is 25.0 Å². The summed E-state index contributed by atoms with van der Waals surface area (Å²) in [6, 6.07) is -0.0799. The fourth-order valence-electron chi connectivity index (χ4n) is 0.995. The molecule has 5 nitrogen and oxygen atoms in total. The number of hydrogen-bond acceptors (Lipinski definition) is 3. The highest BCUT2D eigenvalue weighted by Gasteiger charge is 2.20. The van der Waals surface area contributed by atoms with Crippen LogP contribution in [0.3, 0.4) is 0 Å². The normalized spacial score (nSPS) is 13.1. The van der Waals surface area contributed by atoms with E-state index in [1.807, 2.05) is 13.8 Å². The van der Waals surface area contributed by atoms with Crippen LogP contribution in [0.1, 0.15) is 27.2 Å². The molecule has 1 atom stereocenters. The lowest BCUT2D eigenvalue weighted by molar-refractivity contribution is -0.123. The van der Waals surface area contributed by atoms with E-state index in [0.717, 1.165) is 0 Å². The predicted molar refractivity (Wildman–Crippen MR) is 57.2 cm³/mol. The van der Waals surface area contributed by atoms with E-state index >= 15 is 0 Å². The summed E-state index contributed by atoms with van der Waals surface area (Å²) in [5.41, 5.74) is -0.397. The van der Waals surface area contributed by atoms with E-state index in [2.05, 4.69) is 10.6 Å². The molecule has 0 aliphatic carbocycles.